The highest BCUT2D eigenvalue weighted by Gasteiger charge is 2.28. The summed E-state index contributed by atoms with van der Waals surface area (Å²) in [4.78, 5) is 2.60. The van der Waals surface area contributed by atoms with E-state index in [0.717, 1.165) is 18.4 Å². The summed E-state index contributed by atoms with van der Waals surface area (Å²) in [7, 11) is 1.81. The van der Waals surface area contributed by atoms with Crippen molar-refractivity contribution in [3.05, 3.63) is 0 Å². The van der Waals surface area contributed by atoms with Gasteiger partial charge < -0.3 is 15.4 Å². The Labute approximate surface area is 99.3 Å². The number of hydrogen-bond donors (Lipinski definition) is 1. The molecule has 16 heavy (non-hydrogen) atoms. The number of ether oxygens (including phenoxy) is 1. The Morgan fingerprint density at radius 2 is 2.06 bits per heavy atom. The lowest BCUT2D eigenvalue weighted by Gasteiger charge is -2.32. The third-order valence-electron chi connectivity index (χ3n) is 4.23. The van der Waals surface area contributed by atoms with Crippen LogP contribution in [0.25, 0.3) is 0 Å². The van der Waals surface area contributed by atoms with Gasteiger partial charge in [-0.2, -0.15) is 0 Å². The van der Waals surface area contributed by atoms with Gasteiger partial charge in [-0.25, -0.2) is 0 Å². The highest BCUT2D eigenvalue weighted by molar-refractivity contribution is 4.83. The quantitative estimate of drug-likeness (QED) is 0.789. The number of nitrogens with two attached hydrogens (primary N) is 1. The van der Waals surface area contributed by atoms with Gasteiger partial charge in [0.15, 0.2) is 0 Å². The van der Waals surface area contributed by atoms with E-state index in [-0.39, 0.29) is 0 Å². The lowest BCUT2D eigenvalue weighted by atomic mass is 9.85. The van der Waals surface area contributed by atoms with Crippen molar-refractivity contribution in [1.29, 1.82) is 0 Å². The Balaban J connectivity index is 1.73. The minimum Gasteiger partial charge on any atom is -0.384 e. The minimum atomic E-state index is 0.454. The zero-order valence-corrected chi connectivity index (χ0v) is 10.5. The van der Waals surface area contributed by atoms with Gasteiger partial charge in [0.2, 0.25) is 0 Å². The zero-order valence-electron chi connectivity index (χ0n) is 10.5. The lowest BCUT2D eigenvalue weighted by molar-refractivity contribution is 0.147. The van der Waals surface area contributed by atoms with Crippen molar-refractivity contribution < 1.29 is 4.74 Å². The molecule has 3 nitrogen and oxygen atoms in total. The van der Waals surface area contributed by atoms with Crippen LogP contribution in [0.2, 0.25) is 0 Å². The standard InChI is InChI=1S/C13H26N2O/c1-16-10-11-6-7-15(8-11)9-12-4-2-3-5-13(12)14/h11-13H,2-10,14H2,1H3. The molecule has 0 spiro atoms. The Morgan fingerprint density at radius 1 is 1.25 bits per heavy atom. The van der Waals surface area contributed by atoms with Crippen molar-refractivity contribution in [2.45, 2.75) is 38.1 Å². The summed E-state index contributed by atoms with van der Waals surface area (Å²) in [6, 6.07) is 0.454. The summed E-state index contributed by atoms with van der Waals surface area (Å²) < 4.78 is 5.23. The fourth-order valence-corrected chi connectivity index (χ4v) is 3.25. The average molecular weight is 226 g/mol. The first-order valence-electron chi connectivity index (χ1n) is 6.76. The molecular weight excluding hydrogens is 200 g/mol. The molecule has 2 fully saturated rings. The highest BCUT2D eigenvalue weighted by Crippen LogP contribution is 2.26. The van der Waals surface area contributed by atoms with Crippen LogP contribution in [-0.2, 0) is 4.74 Å². The van der Waals surface area contributed by atoms with Gasteiger partial charge in [0.1, 0.15) is 0 Å². The smallest absolute Gasteiger partial charge is 0.0503 e. The maximum absolute atomic E-state index is 6.20. The van der Waals surface area contributed by atoms with Gasteiger partial charge in [-0.1, -0.05) is 12.8 Å². The fourth-order valence-electron chi connectivity index (χ4n) is 3.25. The van der Waals surface area contributed by atoms with E-state index in [0.29, 0.717) is 6.04 Å². The second-order valence-electron chi connectivity index (χ2n) is 5.58. The Morgan fingerprint density at radius 3 is 2.81 bits per heavy atom. The van der Waals surface area contributed by atoms with E-state index in [4.69, 9.17) is 10.5 Å². The van der Waals surface area contributed by atoms with E-state index in [1.807, 2.05) is 0 Å². The van der Waals surface area contributed by atoms with Crippen LogP contribution in [-0.4, -0.2) is 44.3 Å². The first-order valence-corrected chi connectivity index (χ1v) is 6.76. The van der Waals surface area contributed by atoms with Crippen LogP contribution in [0.15, 0.2) is 0 Å². The van der Waals surface area contributed by atoms with Gasteiger partial charge >= 0.3 is 0 Å². The summed E-state index contributed by atoms with van der Waals surface area (Å²) in [5.74, 6) is 1.50. The van der Waals surface area contributed by atoms with Gasteiger partial charge in [0.05, 0.1) is 6.61 Å². The van der Waals surface area contributed by atoms with Crippen LogP contribution < -0.4 is 5.73 Å². The second kappa shape index (κ2) is 5.99. The normalized spacial score (nSPS) is 36.8. The largest absolute Gasteiger partial charge is 0.384 e. The Hall–Kier alpha value is -0.120. The molecule has 1 saturated heterocycles. The van der Waals surface area contributed by atoms with Gasteiger partial charge in [-0.05, 0) is 37.6 Å². The van der Waals surface area contributed by atoms with Crippen LogP contribution in [0.5, 0.6) is 0 Å². The minimum absolute atomic E-state index is 0.454. The number of likely N-dealkylation sites (tertiary alicyclic amines) is 1. The molecule has 2 N–H and O–H groups in total. The molecule has 0 bridgehead atoms. The van der Waals surface area contributed by atoms with E-state index in [9.17, 15) is 0 Å². The molecular formula is C13H26N2O. The first kappa shape index (κ1) is 12.3. The lowest BCUT2D eigenvalue weighted by Crippen LogP contribution is -2.40. The van der Waals surface area contributed by atoms with E-state index in [1.165, 1.54) is 51.7 Å². The molecule has 0 amide bonds. The molecule has 2 aliphatic rings. The number of nitrogens with zero attached hydrogens (tertiary/aromatic N) is 1. The third kappa shape index (κ3) is 3.19. The monoisotopic (exact) mass is 226 g/mol. The predicted octanol–water partition coefficient (Wildman–Crippen LogP) is 1.47. The molecule has 3 unspecified atom stereocenters. The average Bonchev–Trinajstić information content (AvgIpc) is 2.70. The molecule has 94 valence electrons. The third-order valence-corrected chi connectivity index (χ3v) is 4.23. The van der Waals surface area contributed by atoms with Crippen molar-refractivity contribution in [3.8, 4) is 0 Å². The maximum atomic E-state index is 6.20. The molecule has 1 aliphatic heterocycles. The van der Waals surface area contributed by atoms with Gasteiger partial charge in [0.25, 0.3) is 0 Å². The zero-order chi connectivity index (χ0) is 11.4. The number of rotatable bonds is 4. The summed E-state index contributed by atoms with van der Waals surface area (Å²) >= 11 is 0. The molecule has 2 rings (SSSR count). The van der Waals surface area contributed by atoms with Crippen LogP contribution in [0.3, 0.4) is 0 Å². The van der Waals surface area contributed by atoms with E-state index < -0.39 is 0 Å². The van der Waals surface area contributed by atoms with Crippen molar-refractivity contribution >= 4 is 0 Å². The molecule has 1 heterocycles. The van der Waals surface area contributed by atoms with Gasteiger partial charge in [-0.15, -0.1) is 0 Å². The first-order chi connectivity index (χ1) is 7.79. The Bertz CT molecular complexity index is 210. The maximum Gasteiger partial charge on any atom is 0.0503 e. The highest BCUT2D eigenvalue weighted by atomic mass is 16.5. The van der Waals surface area contributed by atoms with Crippen molar-refractivity contribution in [2.24, 2.45) is 17.6 Å². The van der Waals surface area contributed by atoms with Crippen molar-refractivity contribution in [2.75, 3.05) is 33.4 Å². The molecule has 3 heteroatoms. The Kier molecular flexibility index (Phi) is 4.62. The topological polar surface area (TPSA) is 38.5 Å². The van der Waals surface area contributed by atoms with Gasteiger partial charge in [0, 0.05) is 26.2 Å². The summed E-state index contributed by atoms with van der Waals surface area (Å²) in [5, 5.41) is 0. The molecule has 0 radical (unpaired) electrons. The fraction of sp³-hybridized carbons (Fsp3) is 1.00. The predicted molar refractivity (Wildman–Crippen MR) is 66.4 cm³/mol. The molecule has 1 saturated carbocycles. The van der Waals surface area contributed by atoms with Crippen molar-refractivity contribution in [1.82, 2.24) is 4.90 Å². The van der Waals surface area contributed by atoms with E-state index in [1.54, 1.807) is 7.11 Å². The molecule has 1 aliphatic carbocycles. The number of hydrogen-bond acceptors (Lipinski definition) is 3. The summed E-state index contributed by atoms with van der Waals surface area (Å²) in [6.07, 6.45) is 6.60. The summed E-state index contributed by atoms with van der Waals surface area (Å²) in [5.41, 5.74) is 6.20. The number of methoxy groups -OCH3 is 1. The van der Waals surface area contributed by atoms with Crippen LogP contribution in [0, 0.1) is 11.8 Å². The summed E-state index contributed by atoms with van der Waals surface area (Å²) in [6.45, 7) is 4.61. The molecule has 0 aromatic heterocycles. The van der Waals surface area contributed by atoms with Crippen LogP contribution in [0.1, 0.15) is 32.1 Å². The van der Waals surface area contributed by atoms with Crippen molar-refractivity contribution in [3.63, 3.8) is 0 Å². The van der Waals surface area contributed by atoms with Gasteiger partial charge in [-0.3, -0.25) is 0 Å². The SMILES string of the molecule is COCC1CCN(CC2CCCCC2N)C1. The van der Waals surface area contributed by atoms with E-state index in [2.05, 4.69) is 4.90 Å². The van der Waals surface area contributed by atoms with Crippen LogP contribution in [0.4, 0.5) is 0 Å². The van der Waals surface area contributed by atoms with Crippen LogP contribution >= 0.6 is 0 Å². The molecule has 0 aromatic rings. The van der Waals surface area contributed by atoms with E-state index >= 15 is 0 Å². The molecule has 3 atom stereocenters. The molecule has 0 aromatic carbocycles. The second-order valence-corrected chi connectivity index (χ2v) is 5.58.